The van der Waals surface area contributed by atoms with Crippen molar-refractivity contribution in [1.29, 1.82) is 0 Å². The number of hydrogen-bond acceptors (Lipinski definition) is 3. The number of halogens is 1. The maximum absolute atomic E-state index is 5.93. The summed E-state index contributed by atoms with van der Waals surface area (Å²) in [4.78, 5) is 0. The molecule has 68 valence electrons. The van der Waals surface area contributed by atoms with E-state index in [4.69, 9.17) is 17.3 Å². The molecule has 5 heteroatoms. The number of hydrogen-bond donors (Lipinski definition) is 1. The Hall–Kier alpha value is -0.350. The Morgan fingerprint density at radius 2 is 2.17 bits per heavy atom. The van der Waals surface area contributed by atoms with Crippen molar-refractivity contribution >= 4 is 29.2 Å². The summed E-state index contributed by atoms with van der Waals surface area (Å²) in [5.41, 5.74) is 5.58. The molecule has 1 aromatic heterocycles. The zero-order chi connectivity index (χ0) is 9.30. The first-order valence-electron chi connectivity index (χ1n) is 3.65. The van der Waals surface area contributed by atoms with Gasteiger partial charge in [-0.1, -0.05) is 11.6 Å². The molecule has 0 radical (unpaired) electrons. The van der Waals surface area contributed by atoms with Gasteiger partial charge in [0.15, 0.2) is 5.82 Å². The molecule has 1 heterocycles. The van der Waals surface area contributed by atoms with E-state index in [1.165, 1.54) is 0 Å². The summed E-state index contributed by atoms with van der Waals surface area (Å²) < 4.78 is 1.84. The lowest BCUT2D eigenvalue weighted by Gasteiger charge is -2.07. The van der Waals surface area contributed by atoms with Crippen LogP contribution in [0.15, 0.2) is 5.03 Å². The molecule has 0 saturated carbocycles. The monoisotopic (exact) mass is 205 g/mol. The van der Waals surface area contributed by atoms with Crippen LogP contribution in [0.4, 0.5) is 5.82 Å². The van der Waals surface area contributed by atoms with Crippen LogP contribution in [0.1, 0.15) is 19.9 Å². The Labute approximate surface area is 81.3 Å². The molecule has 0 aromatic carbocycles. The molecule has 0 unspecified atom stereocenters. The van der Waals surface area contributed by atoms with E-state index in [-0.39, 0.29) is 0 Å². The third kappa shape index (κ3) is 1.54. The van der Waals surface area contributed by atoms with Crippen LogP contribution in [0.3, 0.4) is 0 Å². The van der Waals surface area contributed by atoms with Crippen LogP contribution in [0.25, 0.3) is 0 Å². The molecule has 1 rings (SSSR count). The average Bonchev–Trinajstić information content (AvgIpc) is 2.29. The number of anilines is 1. The highest BCUT2D eigenvalue weighted by atomic mass is 35.5. The molecule has 0 saturated heterocycles. The minimum atomic E-state index is 0.294. The van der Waals surface area contributed by atoms with E-state index in [1.807, 2.05) is 24.8 Å². The molecular formula is C7H12ClN3S. The van der Waals surface area contributed by atoms with E-state index in [0.29, 0.717) is 16.9 Å². The van der Waals surface area contributed by atoms with E-state index in [2.05, 4.69) is 5.10 Å². The van der Waals surface area contributed by atoms with Gasteiger partial charge in [0.25, 0.3) is 0 Å². The van der Waals surface area contributed by atoms with Crippen molar-refractivity contribution in [3.05, 3.63) is 5.02 Å². The molecule has 0 atom stereocenters. The fourth-order valence-electron chi connectivity index (χ4n) is 0.949. The second-order valence-corrected chi connectivity index (χ2v) is 3.92. The first kappa shape index (κ1) is 9.74. The van der Waals surface area contributed by atoms with Crippen molar-refractivity contribution in [1.82, 2.24) is 9.78 Å². The number of nitrogens with two attached hydrogens (primary N) is 1. The molecule has 0 fully saturated rings. The van der Waals surface area contributed by atoms with E-state index >= 15 is 0 Å². The molecule has 0 spiro atoms. The molecule has 0 aliphatic carbocycles. The number of nitrogen functional groups attached to an aromatic ring is 1. The molecule has 0 aliphatic heterocycles. The molecule has 3 nitrogen and oxygen atoms in total. The lowest BCUT2D eigenvalue weighted by atomic mass is 10.4. The third-order valence-corrected chi connectivity index (χ3v) is 2.78. The van der Waals surface area contributed by atoms with Gasteiger partial charge in [-0.15, -0.1) is 11.8 Å². The van der Waals surface area contributed by atoms with E-state index in [9.17, 15) is 0 Å². The molecule has 0 bridgehead atoms. The third-order valence-electron chi connectivity index (χ3n) is 1.52. The van der Waals surface area contributed by atoms with Crippen molar-refractivity contribution in [2.24, 2.45) is 0 Å². The lowest BCUT2D eigenvalue weighted by molar-refractivity contribution is 0.495. The van der Waals surface area contributed by atoms with Crippen LogP contribution < -0.4 is 5.73 Å². The number of nitrogens with zero attached hydrogens (tertiary/aromatic N) is 2. The van der Waals surface area contributed by atoms with Gasteiger partial charge in [0.05, 0.1) is 0 Å². The minimum absolute atomic E-state index is 0.294. The van der Waals surface area contributed by atoms with Crippen molar-refractivity contribution in [2.75, 3.05) is 12.0 Å². The van der Waals surface area contributed by atoms with Gasteiger partial charge < -0.3 is 5.73 Å². The Morgan fingerprint density at radius 3 is 2.50 bits per heavy atom. The molecule has 0 amide bonds. The van der Waals surface area contributed by atoms with Crippen LogP contribution in [0, 0.1) is 0 Å². The van der Waals surface area contributed by atoms with Crippen LogP contribution in [0.2, 0.25) is 5.02 Å². The molecule has 1 aromatic rings. The summed E-state index contributed by atoms with van der Waals surface area (Å²) in [5.74, 6) is 0.412. The SMILES string of the molecule is CSc1c(Cl)c(N)nn1C(C)C. The normalized spacial score (nSPS) is 11.1. The van der Waals surface area contributed by atoms with Crippen LogP contribution in [-0.4, -0.2) is 16.0 Å². The van der Waals surface area contributed by atoms with Crippen LogP contribution >= 0.6 is 23.4 Å². The van der Waals surface area contributed by atoms with Gasteiger partial charge in [-0.25, -0.2) is 0 Å². The topological polar surface area (TPSA) is 43.8 Å². The maximum Gasteiger partial charge on any atom is 0.165 e. The Morgan fingerprint density at radius 1 is 1.58 bits per heavy atom. The highest BCUT2D eigenvalue weighted by Gasteiger charge is 2.14. The Kier molecular flexibility index (Phi) is 2.90. The van der Waals surface area contributed by atoms with E-state index in [0.717, 1.165) is 5.03 Å². The first-order chi connectivity index (χ1) is 5.57. The zero-order valence-electron chi connectivity index (χ0n) is 7.34. The van der Waals surface area contributed by atoms with Gasteiger partial charge in [0, 0.05) is 6.04 Å². The summed E-state index contributed by atoms with van der Waals surface area (Å²) in [5, 5.41) is 5.62. The second kappa shape index (κ2) is 3.58. The number of rotatable bonds is 2. The first-order valence-corrected chi connectivity index (χ1v) is 5.25. The molecule has 12 heavy (non-hydrogen) atoms. The van der Waals surface area contributed by atoms with Gasteiger partial charge in [0.2, 0.25) is 0 Å². The number of thioether (sulfide) groups is 1. The highest BCUT2D eigenvalue weighted by Crippen LogP contribution is 2.31. The smallest absolute Gasteiger partial charge is 0.165 e. The van der Waals surface area contributed by atoms with Crippen LogP contribution in [-0.2, 0) is 0 Å². The summed E-state index contributed by atoms with van der Waals surface area (Å²) in [6, 6.07) is 0.294. The minimum Gasteiger partial charge on any atom is -0.381 e. The maximum atomic E-state index is 5.93. The predicted octanol–water partition coefficient (Wildman–Crippen LogP) is 2.42. The van der Waals surface area contributed by atoms with Crippen molar-refractivity contribution < 1.29 is 0 Å². The fourth-order valence-corrected chi connectivity index (χ4v) is 2.03. The van der Waals surface area contributed by atoms with Gasteiger partial charge in [0.1, 0.15) is 10.0 Å². The van der Waals surface area contributed by atoms with Gasteiger partial charge in [-0.05, 0) is 20.1 Å². The average molecular weight is 206 g/mol. The Bertz CT molecular complexity index is 282. The second-order valence-electron chi connectivity index (χ2n) is 2.75. The summed E-state index contributed by atoms with van der Waals surface area (Å²) in [6.07, 6.45) is 1.96. The van der Waals surface area contributed by atoms with Crippen molar-refractivity contribution in [3.63, 3.8) is 0 Å². The van der Waals surface area contributed by atoms with Gasteiger partial charge in [-0.3, -0.25) is 4.68 Å². The molecular weight excluding hydrogens is 194 g/mol. The Balaban J connectivity index is 3.20. The van der Waals surface area contributed by atoms with E-state index in [1.54, 1.807) is 11.8 Å². The quantitative estimate of drug-likeness (QED) is 0.755. The zero-order valence-corrected chi connectivity index (χ0v) is 8.91. The van der Waals surface area contributed by atoms with Crippen LogP contribution in [0.5, 0.6) is 0 Å². The fraction of sp³-hybridized carbons (Fsp3) is 0.571. The van der Waals surface area contributed by atoms with E-state index < -0.39 is 0 Å². The number of aromatic nitrogens is 2. The lowest BCUT2D eigenvalue weighted by Crippen LogP contribution is -2.04. The predicted molar refractivity (Wildman–Crippen MR) is 53.8 cm³/mol. The summed E-state index contributed by atoms with van der Waals surface area (Å²) in [7, 11) is 0. The largest absolute Gasteiger partial charge is 0.381 e. The van der Waals surface area contributed by atoms with Gasteiger partial charge in [-0.2, -0.15) is 5.10 Å². The summed E-state index contributed by atoms with van der Waals surface area (Å²) in [6.45, 7) is 4.09. The molecule has 2 N–H and O–H groups in total. The van der Waals surface area contributed by atoms with Crippen molar-refractivity contribution in [2.45, 2.75) is 24.9 Å². The summed E-state index contributed by atoms with van der Waals surface area (Å²) >= 11 is 7.49. The van der Waals surface area contributed by atoms with Gasteiger partial charge >= 0.3 is 0 Å². The standard InChI is InChI=1S/C7H12ClN3S/c1-4(2)11-7(12-3)5(8)6(9)10-11/h4H,1-3H3,(H2,9,10). The highest BCUT2D eigenvalue weighted by molar-refractivity contribution is 7.98. The van der Waals surface area contributed by atoms with Crippen molar-refractivity contribution in [3.8, 4) is 0 Å². The molecule has 0 aliphatic rings.